The molecule has 0 aliphatic carbocycles. The fourth-order valence-corrected chi connectivity index (χ4v) is 4.70. The van der Waals surface area contributed by atoms with E-state index >= 15 is 0 Å². The third-order valence-corrected chi connectivity index (χ3v) is 8.68. The number of hydrogen-bond acceptors (Lipinski definition) is 6. The van der Waals surface area contributed by atoms with Crippen molar-refractivity contribution in [3.8, 4) is 5.75 Å². The predicted octanol–water partition coefficient (Wildman–Crippen LogP) is 5.76. The fraction of sp³-hybridized carbons (Fsp3) is 0.419. The maximum absolute atomic E-state index is 6.26. The molecule has 6 nitrogen and oxygen atoms in total. The van der Waals surface area contributed by atoms with Gasteiger partial charge < -0.3 is 28.3 Å². The molecule has 39 heavy (non-hydrogen) atoms. The molecule has 0 radical (unpaired) electrons. The van der Waals surface area contributed by atoms with Crippen LogP contribution in [0.15, 0.2) is 72.8 Å². The van der Waals surface area contributed by atoms with E-state index in [4.69, 9.17) is 23.4 Å². The van der Waals surface area contributed by atoms with Gasteiger partial charge in [-0.05, 0) is 115 Å². The Morgan fingerprint density at radius 2 is 0.769 bits per heavy atom. The number of methoxy groups -OCH3 is 1. The molecule has 8 heteroatoms. The smallest absolute Gasteiger partial charge is 0.494 e. The van der Waals surface area contributed by atoms with E-state index in [1.807, 2.05) is 12.1 Å². The molecule has 0 amide bonds. The Hall–Kier alpha value is -2.77. The second-order valence-corrected chi connectivity index (χ2v) is 12.4. The van der Waals surface area contributed by atoms with E-state index < -0.39 is 14.2 Å². The van der Waals surface area contributed by atoms with Crippen LogP contribution < -0.4 is 20.6 Å². The van der Waals surface area contributed by atoms with Gasteiger partial charge in [0, 0.05) is 17.1 Å². The lowest BCUT2D eigenvalue weighted by atomic mass is 9.79. The molecule has 0 saturated carbocycles. The van der Waals surface area contributed by atoms with Crippen LogP contribution in [-0.2, 0) is 18.6 Å². The minimum atomic E-state index is -0.405. The molecule has 2 fully saturated rings. The number of rotatable bonds is 6. The molecule has 0 N–H and O–H groups in total. The summed E-state index contributed by atoms with van der Waals surface area (Å²) in [6.07, 6.45) is 0. The third kappa shape index (κ3) is 5.11. The Kier molecular flexibility index (Phi) is 6.91. The normalized spacial score (nSPS) is 20.7. The largest absolute Gasteiger partial charge is 0.497 e. The zero-order chi connectivity index (χ0) is 28.2. The summed E-state index contributed by atoms with van der Waals surface area (Å²) in [5, 5.41) is 0. The van der Waals surface area contributed by atoms with Crippen LogP contribution in [0.25, 0.3) is 0 Å². The minimum Gasteiger partial charge on any atom is -0.497 e. The highest BCUT2D eigenvalue weighted by atomic mass is 16.7. The van der Waals surface area contributed by atoms with Gasteiger partial charge in [-0.1, -0.05) is 24.3 Å². The lowest BCUT2D eigenvalue weighted by Crippen LogP contribution is -2.41. The molecule has 0 aromatic heterocycles. The van der Waals surface area contributed by atoms with Crippen LogP contribution >= 0.6 is 0 Å². The summed E-state index contributed by atoms with van der Waals surface area (Å²) in [7, 11) is 0.866. The monoisotopic (exact) mass is 527 g/mol. The maximum atomic E-state index is 6.26. The van der Waals surface area contributed by atoms with Gasteiger partial charge in [0.1, 0.15) is 5.75 Å². The van der Waals surface area contributed by atoms with Crippen LogP contribution in [0.3, 0.4) is 0 Å². The van der Waals surface area contributed by atoms with Gasteiger partial charge in [0.15, 0.2) is 0 Å². The highest BCUT2D eigenvalue weighted by molar-refractivity contribution is 6.62. The molecule has 2 aliphatic rings. The van der Waals surface area contributed by atoms with Crippen LogP contribution in [0.5, 0.6) is 5.75 Å². The van der Waals surface area contributed by atoms with Crippen molar-refractivity contribution in [3.63, 3.8) is 0 Å². The van der Waals surface area contributed by atoms with E-state index in [9.17, 15) is 0 Å². The van der Waals surface area contributed by atoms with Crippen molar-refractivity contribution in [1.82, 2.24) is 0 Å². The van der Waals surface area contributed by atoms with Gasteiger partial charge >= 0.3 is 14.2 Å². The van der Waals surface area contributed by atoms with Crippen molar-refractivity contribution < 1.29 is 23.4 Å². The second kappa shape index (κ2) is 9.70. The Morgan fingerprint density at radius 1 is 0.487 bits per heavy atom. The molecule has 3 aromatic rings. The molecule has 0 bridgehead atoms. The Balaban J connectivity index is 1.45. The van der Waals surface area contributed by atoms with Gasteiger partial charge in [0.25, 0.3) is 0 Å². The quantitative estimate of drug-likeness (QED) is 0.380. The number of ether oxygens (including phenoxy) is 1. The third-order valence-electron chi connectivity index (χ3n) is 8.68. The van der Waals surface area contributed by atoms with Crippen molar-refractivity contribution in [1.29, 1.82) is 0 Å². The average molecular weight is 527 g/mol. The van der Waals surface area contributed by atoms with E-state index in [1.165, 1.54) is 0 Å². The lowest BCUT2D eigenvalue weighted by molar-refractivity contribution is 0.00578. The van der Waals surface area contributed by atoms with Crippen LogP contribution in [0, 0.1) is 0 Å². The van der Waals surface area contributed by atoms with Crippen molar-refractivity contribution in [2.75, 3.05) is 12.0 Å². The molecule has 2 heterocycles. The van der Waals surface area contributed by atoms with Crippen molar-refractivity contribution in [3.05, 3.63) is 72.8 Å². The Labute approximate surface area is 233 Å². The van der Waals surface area contributed by atoms with Crippen molar-refractivity contribution in [2.45, 2.75) is 77.8 Å². The summed E-state index contributed by atoms with van der Waals surface area (Å²) in [4.78, 5) is 2.21. The zero-order valence-electron chi connectivity index (χ0n) is 24.6. The highest BCUT2D eigenvalue weighted by Crippen LogP contribution is 2.39. The van der Waals surface area contributed by atoms with E-state index in [0.29, 0.717) is 0 Å². The SMILES string of the molecule is COc1ccc(N(c2ccc(B3OC(C)(C)C(C)(C)O3)cc2)c2ccc(B3OC(C)(C)C(C)(C)O3)cc2)cc1. The van der Waals surface area contributed by atoms with E-state index in [-0.39, 0.29) is 22.4 Å². The number of benzene rings is 3. The van der Waals surface area contributed by atoms with Crippen LogP contribution in [0.2, 0.25) is 0 Å². The number of hydrogen-bond donors (Lipinski definition) is 0. The molecular weight excluding hydrogens is 488 g/mol. The first-order chi connectivity index (χ1) is 18.2. The van der Waals surface area contributed by atoms with Gasteiger partial charge in [-0.25, -0.2) is 0 Å². The number of nitrogens with zero attached hydrogens (tertiary/aromatic N) is 1. The van der Waals surface area contributed by atoms with Crippen molar-refractivity contribution >= 4 is 42.2 Å². The molecule has 204 valence electrons. The minimum absolute atomic E-state index is 0.385. The summed E-state index contributed by atoms with van der Waals surface area (Å²) in [5.41, 5.74) is 3.49. The van der Waals surface area contributed by atoms with Gasteiger partial charge in [-0.15, -0.1) is 0 Å². The molecule has 0 unspecified atom stereocenters. The molecule has 0 atom stereocenters. The highest BCUT2D eigenvalue weighted by Gasteiger charge is 2.52. The second-order valence-electron chi connectivity index (χ2n) is 12.4. The Bertz CT molecular complexity index is 1190. The maximum Gasteiger partial charge on any atom is 0.494 e. The molecule has 0 spiro atoms. The summed E-state index contributed by atoms with van der Waals surface area (Å²) in [6, 6.07) is 24.8. The van der Waals surface area contributed by atoms with Gasteiger partial charge in [0.05, 0.1) is 29.5 Å². The van der Waals surface area contributed by atoms with E-state index in [2.05, 4.69) is 121 Å². The van der Waals surface area contributed by atoms with Gasteiger partial charge in [0.2, 0.25) is 0 Å². The molecular formula is C31H39B2NO5. The van der Waals surface area contributed by atoms with E-state index in [1.54, 1.807) is 7.11 Å². The first-order valence-electron chi connectivity index (χ1n) is 13.6. The van der Waals surface area contributed by atoms with Gasteiger partial charge in [-0.3, -0.25) is 0 Å². The molecule has 2 aliphatic heterocycles. The zero-order valence-corrected chi connectivity index (χ0v) is 24.6. The summed E-state index contributed by atoms with van der Waals surface area (Å²) in [6.45, 7) is 16.6. The lowest BCUT2D eigenvalue weighted by Gasteiger charge is -2.32. The molecule has 3 aromatic carbocycles. The predicted molar refractivity (Wildman–Crippen MR) is 159 cm³/mol. The van der Waals surface area contributed by atoms with Crippen LogP contribution in [0.1, 0.15) is 55.4 Å². The summed E-state index contributed by atoms with van der Waals surface area (Å²) < 4.78 is 30.5. The standard InChI is InChI=1S/C31H39B2NO5/c1-28(2)29(3,4)37-32(36-28)22-10-14-24(15-11-22)34(26-18-20-27(35-9)21-19-26)25-16-12-23(13-17-25)33-38-30(5,6)31(7,8)39-33/h10-21H,1-9H3. The van der Waals surface area contributed by atoms with E-state index in [0.717, 1.165) is 33.7 Å². The average Bonchev–Trinajstić information content (AvgIpc) is 3.25. The van der Waals surface area contributed by atoms with Crippen LogP contribution in [-0.4, -0.2) is 43.8 Å². The first kappa shape index (κ1) is 27.8. The topological polar surface area (TPSA) is 49.4 Å². The van der Waals surface area contributed by atoms with Crippen LogP contribution in [0.4, 0.5) is 17.1 Å². The Morgan fingerprint density at radius 3 is 1.05 bits per heavy atom. The number of anilines is 3. The fourth-order valence-electron chi connectivity index (χ4n) is 4.70. The van der Waals surface area contributed by atoms with Crippen molar-refractivity contribution in [2.24, 2.45) is 0 Å². The molecule has 5 rings (SSSR count). The summed E-state index contributed by atoms with van der Waals surface area (Å²) in [5.74, 6) is 0.811. The van der Waals surface area contributed by atoms with Gasteiger partial charge in [-0.2, -0.15) is 0 Å². The molecule has 2 saturated heterocycles. The summed E-state index contributed by atoms with van der Waals surface area (Å²) >= 11 is 0. The first-order valence-corrected chi connectivity index (χ1v) is 13.6.